The molecule has 0 bridgehead atoms. The number of ether oxygens (including phenoxy) is 3. The monoisotopic (exact) mass is 375 g/mol. The van der Waals surface area contributed by atoms with Crippen LogP contribution in [0.3, 0.4) is 0 Å². The highest BCUT2D eigenvalue weighted by molar-refractivity contribution is 5.90. The maximum atomic E-state index is 12.1. The van der Waals surface area contributed by atoms with E-state index in [0.29, 0.717) is 26.5 Å². The Bertz CT molecular complexity index is 692. The summed E-state index contributed by atoms with van der Waals surface area (Å²) in [5.74, 6) is -0.133. The summed E-state index contributed by atoms with van der Waals surface area (Å²) >= 11 is 0. The van der Waals surface area contributed by atoms with Crippen LogP contribution in [0.2, 0.25) is 0 Å². The van der Waals surface area contributed by atoms with Crippen molar-refractivity contribution in [1.29, 1.82) is 0 Å². The number of rotatable bonds is 4. The molecular formula is C19H25N3O5. The molecule has 0 radical (unpaired) electrons. The summed E-state index contributed by atoms with van der Waals surface area (Å²) in [6.45, 7) is 5.15. The maximum absolute atomic E-state index is 12.1. The van der Waals surface area contributed by atoms with Crippen molar-refractivity contribution in [2.24, 2.45) is 0 Å². The van der Waals surface area contributed by atoms with Crippen LogP contribution in [0.1, 0.15) is 19.8 Å². The van der Waals surface area contributed by atoms with Crippen molar-refractivity contribution in [2.45, 2.75) is 31.5 Å². The van der Waals surface area contributed by atoms with Crippen molar-refractivity contribution in [1.82, 2.24) is 5.32 Å². The summed E-state index contributed by atoms with van der Waals surface area (Å²) in [5.41, 5.74) is 1.84. The molecule has 4 rings (SSSR count). The number of nitrogens with one attached hydrogen (secondary N) is 1. The Morgan fingerprint density at radius 2 is 1.93 bits per heavy atom. The minimum atomic E-state index is -0.378. The molecule has 3 aliphatic heterocycles. The maximum Gasteiger partial charge on any atom is 0.414 e. The third-order valence-electron chi connectivity index (χ3n) is 5.47. The second-order valence-electron chi connectivity index (χ2n) is 7.35. The van der Waals surface area contributed by atoms with Crippen molar-refractivity contribution in [3.05, 3.63) is 24.3 Å². The van der Waals surface area contributed by atoms with Gasteiger partial charge in [-0.05, 0) is 37.1 Å². The summed E-state index contributed by atoms with van der Waals surface area (Å²) in [6.07, 6.45) is 1.21. The molecule has 1 aromatic carbocycles. The zero-order valence-corrected chi connectivity index (χ0v) is 15.5. The Morgan fingerprint density at radius 1 is 1.22 bits per heavy atom. The van der Waals surface area contributed by atoms with Gasteiger partial charge in [0.05, 0.1) is 25.3 Å². The second-order valence-corrected chi connectivity index (χ2v) is 7.35. The fourth-order valence-electron chi connectivity index (χ4n) is 3.84. The molecule has 1 spiro atoms. The molecule has 1 atom stereocenters. The molecule has 1 aromatic rings. The number of hydrogen-bond donors (Lipinski definition) is 1. The van der Waals surface area contributed by atoms with Gasteiger partial charge in [0.15, 0.2) is 0 Å². The van der Waals surface area contributed by atoms with Gasteiger partial charge >= 0.3 is 6.09 Å². The Labute approximate surface area is 158 Å². The van der Waals surface area contributed by atoms with Crippen molar-refractivity contribution in [3.63, 3.8) is 0 Å². The lowest BCUT2D eigenvalue weighted by Crippen LogP contribution is -2.45. The zero-order valence-electron chi connectivity index (χ0n) is 15.5. The predicted octanol–water partition coefficient (Wildman–Crippen LogP) is 1.49. The van der Waals surface area contributed by atoms with Gasteiger partial charge in [-0.1, -0.05) is 0 Å². The van der Waals surface area contributed by atoms with Crippen molar-refractivity contribution in [3.8, 4) is 0 Å². The lowest BCUT2D eigenvalue weighted by Gasteiger charge is -2.38. The van der Waals surface area contributed by atoms with Gasteiger partial charge in [0, 0.05) is 31.4 Å². The number of benzene rings is 1. The molecule has 0 aromatic heterocycles. The normalized spacial score (nSPS) is 24.3. The summed E-state index contributed by atoms with van der Waals surface area (Å²) in [4.78, 5) is 27.1. The summed E-state index contributed by atoms with van der Waals surface area (Å²) in [7, 11) is 0. The molecule has 0 unspecified atom stereocenters. The van der Waals surface area contributed by atoms with E-state index >= 15 is 0 Å². The van der Waals surface area contributed by atoms with Crippen LogP contribution in [0.4, 0.5) is 16.2 Å². The van der Waals surface area contributed by atoms with Crippen LogP contribution in [0.25, 0.3) is 0 Å². The van der Waals surface area contributed by atoms with Crippen LogP contribution < -0.4 is 15.1 Å². The number of carbonyl (C=O) groups is 2. The number of hydrogen-bond acceptors (Lipinski definition) is 6. The molecule has 2 amide bonds. The van der Waals surface area contributed by atoms with Crippen LogP contribution in [0.15, 0.2) is 24.3 Å². The van der Waals surface area contributed by atoms with E-state index in [0.717, 1.165) is 37.3 Å². The number of amides is 2. The smallest absolute Gasteiger partial charge is 0.414 e. The van der Waals surface area contributed by atoms with E-state index < -0.39 is 0 Å². The second kappa shape index (κ2) is 7.36. The molecule has 1 N–H and O–H groups in total. The highest BCUT2D eigenvalue weighted by atomic mass is 16.7. The van der Waals surface area contributed by atoms with Crippen molar-refractivity contribution in [2.75, 3.05) is 49.4 Å². The van der Waals surface area contributed by atoms with E-state index in [1.165, 1.54) is 6.92 Å². The van der Waals surface area contributed by atoms with Crippen LogP contribution in [0, 0.1) is 0 Å². The number of nitrogens with zero attached hydrogens (tertiary/aromatic N) is 2. The highest BCUT2D eigenvalue weighted by Crippen LogP contribution is 2.33. The first kappa shape index (κ1) is 18.1. The first-order chi connectivity index (χ1) is 13.0. The lowest BCUT2D eigenvalue weighted by atomic mass is 9.92. The number of carbonyl (C=O) groups excluding carboxylic acids is 2. The topological polar surface area (TPSA) is 80.3 Å². The predicted molar refractivity (Wildman–Crippen MR) is 98.8 cm³/mol. The van der Waals surface area contributed by atoms with E-state index in [4.69, 9.17) is 14.2 Å². The SMILES string of the molecule is CC(=O)NC[C@H]1CN(c2ccc(N3CCC4(CC3)COCO4)cc2)C(=O)O1. The third-order valence-corrected chi connectivity index (χ3v) is 5.47. The Kier molecular flexibility index (Phi) is 4.92. The van der Waals surface area contributed by atoms with Crippen LogP contribution in [0.5, 0.6) is 0 Å². The van der Waals surface area contributed by atoms with E-state index in [1.54, 1.807) is 4.90 Å². The standard InChI is InChI=1S/C19H25N3O5/c1-14(23)20-10-17-11-22(18(24)27-17)16-4-2-15(3-5-16)21-8-6-19(7-9-21)12-25-13-26-19/h2-5,17H,6-13H2,1H3,(H,20,23)/t17-/m0/s1. The molecule has 3 aliphatic rings. The third kappa shape index (κ3) is 3.86. The number of piperidine rings is 1. The van der Waals surface area contributed by atoms with Crippen LogP contribution in [-0.2, 0) is 19.0 Å². The summed E-state index contributed by atoms with van der Waals surface area (Å²) in [5, 5.41) is 2.68. The average molecular weight is 375 g/mol. The summed E-state index contributed by atoms with van der Waals surface area (Å²) in [6, 6.07) is 7.95. The van der Waals surface area contributed by atoms with Crippen LogP contribution in [-0.4, -0.2) is 63.3 Å². The number of anilines is 2. The Morgan fingerprint density at radius 3 is 2.56 bits per heavy atom. The molecule has 0 aliphatic carbocycles. The number of cyclic esters (lactones) is 1. The minimum Gasteiger partial charge on any atom is -0.442 e. The minimum absolute atomic E-state index is 0.0985. The molecule has 0 saturated carbocycles. The van der Waals surface area contributed by atoms with Crippen LogP contribution >= 0.6 is 0 Å². The van der Waals surface area contributed by atoms with Gasteiger partial charge in [-0.2, -0.15) is 0 Å². The lowest BCUT2D eigenvalue weighted by molar-refractivity contribution is -0.119. The highest BCUT2D eigenvalue weighted by Gasteiger charge is 2.39. The summed E-state index contributed by atoms with van der Waals surface area (Å²) < 4.78 is 16.5. The van der Waals surface area contributed by atoms with Gasteiger partial charge in [0.2, 0.25) is 5.91 Å². The van der Waals surface area contributed by atoms with Gasteiger partial charge in [-0.15, -0.1) is 0 Å². The molecule has 8 nitrogen and oxygen atoms in total. The van der Waals surface area contributed by atoms with Gasteiger partial charge in [-0.25, -0.2) is 4.79 Å². The Hall–Kier alpha value is -2.32. The van der Waals surface area contributed by atoms with E-state index in [2.05, 4.69) is 10.2 Å². The van der Waals surface area contributed by atoms with Gasteiger partial charge in [0.25, 0.3) is 0 Å². The zero-order chi connectivity index (χ0) is 18.9. The molecular weight excluding hydrogens is 350 g/mol. The van der Waals surface area contributed by atoms with Crippen molar-refractivity contribution >= 4 is 23.4 Å². The Balaban J connectivity index is 1.35. The molecule has 3 saturated heterocycles. The van der Waals surface area contributed by atoms with E-state index in [1.807, 2.05) is 24.3 Å². The largest absolute Gasteiger partial charge is 0.442 e. The first-order valence-electron chi connectivity index (χ1n) is 9.34. The fraction of sp³-hybridized carbons (Fsp3) is 0.579. The van der Waals surface area contributed by atoms with E-state index in [-0.39, 0.29) is 23.7 Å². The van der Waals surface area contributed by atoms with Gasteiger partial charge < -0.3 is 24.4 Å². The van der Waals surface area contributed by atoms with Gasteiger partial charge in [0.1, 0.15) is 12.9 Å². The molecule has 27 heavy (non-hydrogen) atoms. The van der Waals surface area contributed by atoms with E-state index in [9.17, 15) is 9.59 Å². The van der Waals surface area contributed by atoms with Crippen molar-refractivity contribution < 1.29 is 23.8 Å². The first-order valence-corrected chi connectivity index (χ1v) is 9.34. The molecule has 3 fully saturated rings. The molecule has 3 heterocycles. The average Bonchev–Trinajstić information content (AvgIpc) is 3.28. The molecule has 146 valence electrons. The van der Waals surface area contributed by atoms with Gasteiger partial charge in [-0.3, -0.25) is 9.69 Å². The molecule has 8 heteroatoms. The quantitative estimate of drug-likeness (QED) is 0.859. The fourth-order valence-corrected chi connectivity index (χ4v) is 3.84.